The largest absolute Gasteiger partial charge is 0.494 e. The van der Waals surface area contributed by atoms with Gasteiger partial charge in [-0.1, -0.05) is 69.0 Å². The second kappa shape index (κ2) is 9.57. The zero-order valence-electron chi connectivity index (χ0n) is 20.7. The third kappa shape index (κ3) is 6.14. The van der Waals surface area contributed by atoms with Gasteiger partial charge in [-0.05, 0) is 91.0 Å². The van der Waals surface area contributed by atoms with Crippen LogP contribution < -0.4 is 4.74 Å². The maximum atomic E-state index is 6.74. The van der Waals surface area contributed by atoms with Crippen LogP contribution in [0, 0.1) is 5.92 Å². The van der Waals surface area contributed by atoms with E-state index in [-0.39, 0.29) is 5.60 Å². The summed E-state index contributed by atoms with van der Waals surface area (Å²) in [5, 5.41) is 5.15. The Kier molecular flexibility index (Phi) is 6.97. The van der Waals surface area contributed by atoms with Gasteiger partial charge in [0.25, 0.3) is 0 Å². The van der Waals surface area contributed by atoms with Gasteiger partial charge < -0.3 is 9.16 Å². The molecule has 3 aromatic rings. The van der Waals surface area contributed by atoms with Crippen molar-refractivity contribution in [3.05, 3.63) is 54.1 Å². The monoisotopic (exact) mass is 448 g/mol. The third-order valence-corrected chi connectivity index (χ3v) is 9.34. The van der Waals surface area contributed by atoms with Gasteiger partial charge in [0, 0.05) is 0 Å². The standard InChI is InChI=1S/C29H40O2Si/c1-6-7-18-32(4,5)31-29(2,3)21-23-10-11-24-12-13-25-14-15-26(20-28(25)27(24)19-23)30-17-16-22-8-9-22/h10-15,19-20,22H,6-9,16-18,21H2,1-5H3. The lowest BCUT2D eigenvalue weighted by Crippen LogP contribution is -2.42. The van der Waals surface area contributed by atoms with Crippen LogP contribution in [-0.4, -0.2) is 20.5 Å². The van der Waals surface area contributed by atoms with Crippen molar-refractivity contribution in [2.45, 2.75) is 84.0 Å². The van der Waals surface area contributed by atoms with Gasteiger partial charge in [0.1, 0.15) is 5.75 Å². The molecule has 0 unspecified atom stereocenters. The van der Waals surface area contributed by atoms with E-state index in [0.717, 1.165) is 24.7 Å². The molecule has 0 bridgehead atoms. The first-order valence-electron chi connectivity index (χ1n) is 12.5. The highest BCUT2D eigenvalue weighted by atomic mass is 28.4. The van der Waals surface area contributed by atoms with Crippen molar-refractivity contribution in [3.63, 3.8) is 0 Å². The maximum Gasteiger partial charge on any atom is 0.187 e. The number of benzene rings is 3. The molecular weight excluding hydrogens is 408 g/mol. The molecule has 0 heterocycles. The van der Waals surface area contributed by atoms with E-state index in [2.05, 4.69) is 82.4 Å². The molecule has 32 heavy (non-hydrogen) atoms. The Morgan fingerprint density at radius 2 is 1.59 bits per heavy atom. The fourth-order valence-corrected chi connectivity index (χ4v) is 7.83. The molecule has 1 fully saturated rings. The van der Waals surface area contributed by atoms with E-state index in [9.17, 15) is 0 Å². The van der Waals surface area contributed by atoms with E-state index in [1.807, 2.05) is 0 Å². The molecule has 3 heteroatoms. The van der Waals surface area contributed by atoms with Crippen molar-refractivity contribution >= 4 is 29.9 Å². The van der Waals surface area contributed by atoms with Crippen LogP contribution in [0.25, 0.3) is 21.5 Å². The summed E-state index contributed by atoms with van der Waals surface area (Å²) in [4.78, 5) is 0. The molecule has 172 valence electrons. The van der Waals surface area contributed by atoms with Crippen LogP contribution >= 0.6 is 0 Å². The number of ether oxygens (including phenoxy) is 1. The van der Waals surface area contributed by atoms with E-state index in [4.69, 9.17) is 9.16 Å². The zero-order chi connectivity index (χ0) is 22.8. The predicted molar refractivity (Wildman–Crippen MR) is 140 cm³/mol. The van der Waals surface area contributed by atoms with E-state index in [1.54, 1.807) is 0 Å². The summed E-state index contributed by atoms with van der Waals surface area (Å²) >= 11 is 0. The summed E-state index contributed by atoms with van der Waals surface area (Å²) < 4.78 is 12.8. The van der Waals surface area contributed by atoms with Gasteiger partial charge in [-0.2, -0.15) is 0 Å². The number of hydrogen-bond acceptors (Lipinski definition) is 2. The van der Waals surface area contributed by atoms with Crippen molar-refractivity contribution in [2.75, 3.05) is 6.61 Å². The Labute approximate surface area is 195 Å². The van der Waals surface area contributed by atoms with Gasteiger partial charge in [0.2, 0.25) is 0 Å². The highest BCUT2D eigenvalue weighted by Gasteiger charge is 2.31. The van der Waals surface area contributed by atoms with Crippen LogP contribution in [0.3, 0.4) is 0 Å². The Morgan fingerprint density at radius 3 is 2.28 bits per heavy atom. The van der Waals surface area contributed by atoms with Crippen LogP contribution in [0.15, 0.2) is 48.5 Å². The summed E-state index contributed by atoms with van der Waals surface area (Å²) in [5.74, 6) is 1.89. The fourth-order valence-electron chi connectivity index (χ4n) is 4.95. The van der Waals surface area contributed by atoms with Crippen molar-refractivity contribution in [1.82, 2.24) is 0 Å². The molecule has 4 rings (SSSR count). The predicted octanol–water partition coefficient (Wildman–Crippen LogP) is 8.51. The summed E-state index contributed by atoms with van der Waals surface area (Å²) in [6, 6.07) is 19.1. The first kappa shape index (κ1) is 23.3. The Morgan fingerprint density at radius 1 is 0.938 bits per heavy atom. The number of unbranched alkanes of at least 4 members (excludes halogenated alkanes) is 1. The average Bonchev–Trinajstić information content (AvgIpc) is 3.55. The topological polar surface area (TPSA) is 18.5 Å². The minimum Gasteiger partial charge on any atom is -0.494 e. The van der Waals surface area contributed by atoms with Gasteiger partial charge in [0.15, 0.2) is 8.32 Å². The van der Waals surface area contributed by atoms with Gasteiger partial charge >= 0.3 is 0 Å². The molecule has 0 N–H and O–H groups in total. The van der Waals surface area contributed by atoms with Crippen molar-refractivity contribution in [1.29, 1.82) is 0 Å². The van der Waals surface area contributed by atoms with Gasteiger partial charge in [-0.3, -0.25) is 0 Å². The van der Waals surface area contributed by atoms with Crippen LogP contribution in [-0.2, 0) is 10.8 Å². The van der Waals surface area contributed by atoms with E-state index in [0.29, 0.717) is 0 Å². The van der Waals surface area contributed by atoms with Gasteiger partial charge in [0.05, 0.1) is 12.2 Å². The average molecular weight is 449 g/mol. The number of rotatable bonds is 11. The SMILES string of the molecule is CCCC[Si](C)(C)OC(C)(C)Cc1ccc2ccc3ccc(OCCC4CC4)cc3c2c1. The lowest BCUT2D eigenvalue weighted by Gasteiger charge is -2.35. The molecule has 1 aliphatic rings. The molecule has 1 saturated carbocycles. The highest BCUT2D eigenvalue weighted by molar-refractivity contribution is 6.71. The lowest BCUT2D eigenvalue weighted by atomic mass is 9.94. The fraction of sp³-hybridized carbons (Fsp3) is 0.517. The van der Waals surface area contributed by atoms with E-state index < -0.39 is 8.32 Å². The van der Waals surface area contributed by atoms with E-state index >= 15 is 0 Å². The summed E-state index contributed by atoms with van der Waals surface area (Å²) in [7, 11) is -1.65. The first-order chi connectivity index (χ1) is 15.2. The summed E-state index contributed by atoms with van der Waals surface area (Å²) in [6.45, 7) is 12.3. The maximum absolute atomic E-state index is 6.74. The smallest absolute Gasteiger partial charge is 0.187 e. The normalized spacial score (nSPS) is 14.9. The summed E-state index contributed by atoms with van der Waals surface area (Å²) in [5.41, 5.74) is 1.19. The lowest BCUT2D eigenvalue weighted by molar-refractivity contribution is 0.0991. The molecule has 0 atom stereocenters. The van der Waals surface area contributed by atoms with Gasteiger partial charge in [-0.15, -0.1) is 0 Å². The van der Waals surface area contributed by atoms with Crippen molar-refractivity contribution < 1.29 is 9.16 Å². The van der Waals surface area contributed by atoms with Gasteiger partial charge in [-0.25, -0.2) is 0 Å². The molecule has 0 amide bonds. The van der Waals surface area contributed by atoms with Crippen LogP contribution in [0.5, 0.6) is 5.75 Å². The minimum atomic E-state index is -1.65. The Hall–Kier alpha value is -1.84. The Bertz CT molecular complexity index is 1070. The molecule has 2 nitrogen and oxygen atoms in total. The molecule has 0 radical (unpaired) electrons. The van der Waals surface area contributed by atoms with Crippen LogP contribution in [0.4, 0.5) is 0 Å². The molecule has 0 spiro atoms. The molecule has 1 aliphatic carbocycles. The van der Waals surface area contributed by atoms with Crippen molar-refractivity contribution in [2.24, 2.45) is 5.92 Å². The summed E-state index contributed by atoms with van der Waals surface area (Å²) in [6.07, 6.45) is 7.39. The molecular formula is C29H40O2Si. The molecule has 0 saturated heterocycles. The quantitative estimate of drug-likeness (QED) is 0.216. The zero-order valence-corrected chi connectivity index (χ0v) is 21.7. The second-order valence-corrected chi connectivity index (χ2v) is 15.2. The first-order valence-corrected chi connectivity index (χ1v) is 15.6. The molecule has 0 aromatic heterocycles. The molecule has 3 aromatic carbocycles. The minimum absolute atomic E-state index is 0.154. The van der Waals surface area contributed by atoms with Crippen molar-refractivity contribution in [3.8, 4) is 5.75 Å². The number of fused-ring (bicyclic) bond motifs is 3. The Balaban J connectivity index is 1.56. The number of hydrogen-bond donors (Lipinski definition) is 0. The molecule has 0 aliphatic heterocycles. The van der Waals surface area contributed by atoms with Crippen LogP contribution in [0.2, 0.25) is 19.1 Å². The highest BCUT2D eigenvalue weighted by Crippen LogP contribution is 2.34. The second-order valence-electron chi connectivity index (χ2n) is 11.0. The third-order valence-electron chi connectivity index (χ3n) is 6.68. The van der Waals surface area contributed by atoms with Crippen LogP contribution in [0.1, 0.15) is 58.4 Å². The van der Waals surface area contributed by atoms with E-state index in [1.165, 1.54) is 65.3 Å².